The second kappa shape index (κ2) is 6.06. The van der Waals surface area contributed by atoms with E-state index in [2.05, 4.69) is 29.6 Å². The quantitative estimate of drug-likeness (QED) is 0.875. The Labute approximate surface area is 111 Å². The first-order chi connectivity index (χ1) is 8.25. The van der Waals surface area contributed by atoms with Crippen LogP contribution in [0.3, 0.4) is 0 Å². The van der Waals surface area contributed by atoms with Crippen molar-refractivity contribution in [2.24, 2.45) is 0 Å². The van der Waals surface area contributed by atoms with Crippen LogP contribution < -0.4 is 5.32 Å². The van der Waals surface area contributed by atoms with Gasteiger partial charge in [-0.3, -0.25) is 0 Å². The van der Waals surface area contributed by atoms with Crippen molar-refractivity contribution in [2.75, 3.05) is 0 Å². The summed E-state index contributed by atoms with van der Waals surface area (Å²) in [6.45, 7) is 1.82. The molecule has 0 atom stereocenters. The summed E-state index contributed by atoms with van der Waals surface area (Å²) in [5.74, 6) is 0. The van der Waals surface area contributed by atoms with Crippen LogP contribution in [0.5, 0.6) is 0 Å². The first-order valence-corrected chi connectivity index (χ1v) is 6.31. The van der Waals surface area contributed by atoms with Crippen LogP contribution in [-0.2, 0) is 13.1 Å². The number of hydrogen-bond donors (Lipinski definition) is 1. The van der Waals surface area contributed by atoms with E-state index in [1.807, 2.05) is 18.2 Å². The predicted molar refractivity (Wildman–Crippen MR) is 72.2 cm³/mol. The molecular formula is C14H14Cl2N+. The Kier molecular flexibility index (Phi) is 4.43. The van der Waals surface area contributed by atoms with E-state index in [0.717, 1.165) is 23.7 Å². The van der Waals surface area contributed by atoms with E-state index >= 15 is 0 Å². The molecule has 2 aromatic carbocycles. The minimum absolute atomic E-state index is 0.682. The maximum atomic E-state index is 6.11. The maximum Gasteiger partial charge on any atom is 0.103 e. The third kappa shape index (κ3) is 3.74. The van der Waals surface area contributed by atoms with E-state index in [9.17, 15) is 0 Å². The Morgan fingerprint density at radius 3 is 2.35 bits per heavy atom. The lowest BCUT2D eigenvalue weighted by molar-refractivity contribution is -0.686. The van der Waals surface area contributed by atoms with Crippen LogP contribution in [0, 0.1) is 0 Å². The fourth-order valence-corrected chi connectivity index (χ4v) is 2.18. The molecule has 0 heterocycles. The monoisotopic (exact) mass is 266 g/mol. The van der Waals surface area contributed by atoms with Crippen molar-refractivity contribution in [3.05, 3.63) is 69.7 Å². The van der Waals surface area contributed by atoms with E-state index in [0.29, 0.717) is 5.02 Å². The summed E-state index contributed by atoms with van der Waals surface area (Å²) in [4.78, 5) is 0. The molecule has 1 nitrogen and oxygen atoms in total. The van der Waals surface area contributed by atoms with Crippen molar-refractivity contribution in [3.8, 4) is 0 Å². The molecule has 0 fully saturated rings. The Bertz CT molecular complexity index is 483. The van der Waals surface area contributed by atoms with Gasteiger partial charge in [0.05, 0.1) is 5.02 Å². The molecule has 2 N–H and O–H groups in total. The van der Waals surface area contributed by atoms with Gasteiger partial charge in [-0.15, -0.1) is 0 Å². The number of rotatable bonds is 4. The summed E-state index contributed by atoms with van der Waals surface area (Å²) in [5, 5.41) is 3.65. The standard InChI is InChI=1S/C14H13Cl2N/c15-13-7-6-12(14(16)8-13)10-17-9-11-4-2-1-3-5-11/h1-8,17H,9-10H2/p+1. The van der Waals surface area contributed by atoms with Crippen LogP contribution in [0.25, 0.3) is 0 Å². The van der Waals surface area contributed by atoms with Gasteiger partial charge in [0.15, 0.2) is 0 Å². The second-order valence-electron chi connectivity index (χ2n) is 3.92. The van der Waals surface area contributed by atoms with Crippen LogP contribution in [0.4, 0.5) is 0 Å². The largest absolute Gasteiger partial charge is 0.339 e. The molecule has 0 bridgehead atoms. The lowest BCUT2D eigenvalue weighted by Gasteiger charge is -2.04. The molecule has 0 radical (unpaired) electrons. The SMILES string of the molecule is Clc1ccc(C[NH2+]Cc2ccccc2)c(Cl)c1. The molecule has 17 heavy (non-hydrogen) atoms. The first kappa shape index (κ1) is 12.4. The molecule has 3 heteroatoms. The molecule has 0 aromatic heterocycles. The fourth-order valence-electron chi connectivity index (χ4n) is 1.70. The molecule has 2 aromatic rings. The van der Waals surface area contributed by atoms with E-state index in [4.69, 9.17) is 23.2 Å². The van der Waals surface area contributed by atoms with Gasteiger partial charge in [0, 0.05) is 16.1 Å². The van der Waals surface area contributed by atoms with Crippen molar-refractivity contribution < 1.29 is 5.32 Å². The molecule has 0 spiro atoms. The number of nitrogens with two attached hydrogens (primary N) is 1. The Hall–Kier alpha value is -1.02. The summed E-state index contributed by atoms with van der Waals surface area (Å²) >= 11 is 12.0. The fraction of sp³-hybridized carbons (Fsp3) is 0.143. The van der Waals surface area contributed by atoms with Gasteiger partial charge in [-0.25, -0.2) is 0 Å². The van der Waals surface area contributed by atoms with Gasteiger partial charge >= 0.3 is 0 Å². The summed E-state index contributed by atoms with van der Waals surface area (Å²) in [5.41, 5.74) is 2.43. The summed E-state index contributed by atoms with van der Waals surface area (Å²) < 4.78 is 0. The van der Waals surface area contributed by atoms with Gasteiger partial charge < -0.3 is 5.32 Å². The summed E-state index contributed by atoms with van der Waals surface area (Å²) in [7, 11) is 0. The summed E-state index contributed by atoms with van der Waals surface area (Å²) in [6.07, 6.45) is 0. The van der Waals surface area contributed by atoms with E-state index < -0.39 is 0 Å². The van der Waals surface area contributed by atoms with Gasteiger partial charge in [-0.2, -0.15) is 0 Å². The van der Waals surface area contributed by atoms with Crippen molar-refractivity contribution >= 4 is 23.2 Å². The molecule has 0 saturated carbocycles. The predicted octanol–water partition coefficient (Wildman–Crippen LogP) is 3.26. The van der Waals surface area contributed by atoms with Gasteiger partial charge in [0.2, 0.25) is 0 Å². The molecule has 88 valence electrons. The normalized spacial score (nSPS) is 10.5. The Morgan fingerprint density at radius 2 is 1.65 bits per heavy atom. The van der Waals surface area contributed by atoms with E-state index in [1.54, 1.807) is 6.07 Å². The third-order valence-corrected chi connectivity index (χ3v) is 3.19. The summed E-state index contributed by atoms with van der Waals surface area (Å²) in [6, 6.07) is 16.0. The van der Waals surface area contributed by atoms with Crippen LogP contribution in [0.15, 0.2) is 48.5 Å². The molecule has 0 unspecified atom stereocenters. The highest BCUT2D eigenvalue weighted by atomic mass is 35.5. The van der Waals surface area contributed by atoms with E-state index in [-0.39, 0.29) is 0 Å². The zero-order chi connectivity index (χ0) is 12.1. The molecule has 2 rings (SSSR count). The van der Waals surface area contributed by atoms with E-state index in [1.165, 1.54) is 5.56 Å². The number of benzene rings is 2. The van der Waals surface area contributed by atoms with Gasteiger partial charge in [-0.05, 0) is 12.1 Å². The molecule has 0 aliphatic carbocycles. The highest BCUT2D eigenvalue weighted by Crippen LogP contribution is 2.19. The minimum atomic E-state index is 0.682. The molecule has 0 saturated heterocycles. The average Bonchev–Trinajstić information content (AvgIpc) is 2.33. The van der Waals surface area contributed by atoms with Crippen molar-refractivity contribution in [1.29, 1.82) is 0 Å². The maximum absolute atomic E-state index is 6.11. The molecule has 0 amide bonds. The molecular weight excluding hydrogens is 253 g/mol. The zero-order valence-electron chi connectivity index (χ0n) is 9.37. The number of quaternary nitrogens is 1. The average molecular weight is 267 g/mol. The van der Waals surface area contributed by atoms with Crippen LogP contribution >= 0.6 is 23.2 Å². The Morgan fingerprint density at radius 1 is 0.882 bits per heavy atom. The van der Waals surface area contributed by atoms with Gasteiger partial charge in [0.1, 0.15) is 13.1 Å². The van der Waals surface area contributed by atoms with Crippen LogP contribution in [-0.4, -0.2) is 0 Å². The lowest BCUT2D eigenvalue weighted by Crippen LogP contribution is -2.80. The third-order valence-electron chi connectivity index (χ3n) is 2.60. The van der Waals surface area contributed by atoms with Gasteiger partial charge in [0.25, 0.3) is 0 Å². The zero-order valence-corrected chi connectivity index (χ0v) is 10.9. The van der Waals surface area contributed by atoms with Crippen molar-refractivity contribution in [2.45, 2.75) is 13.1 Å². The van der Waals surface area contributed by atoms with Crippen molar-refractivity contribution in [3.63, 3.8) is 0 Å². The number of halogens is 2. The topological polar surface area (TPSA) is 16.6 Å². The highest BCUT2D eigenvalue weighted by Gasteiger charge is 2.03. The number of hydrogen-bond acceptors (Lipinski definition) is 0. The lowest BCUT2D eigenvalue weighted by atomic mass is 10.2. The minimum Gasteiger partial charge on any atom is -0.339 e. The van der Waals surface area contributed by atoms with Crippen LogP contribution in [0.2, 0.25) is 10.0 Å². The van der Waals surface area contributed by atoms with Gasteiger partial charge in [-0.1, -0.05) is 59.6 Å². The molecule has 0 aliphatic heterocycles. The first-order valence-electron chi connectivity index (χ1n) is 5.55. The smallest absolute Gasteiger partial charge is 0.103 e. The second-order valence-corrected chi connectivity index (χ2v) is 4.76. The highest BCUT2D eigenvalue weighted by molar-refractivity contribution is 6.35. The van der Waals surface area contributed by atoms with Crippen molar-refractivity contribution in [1.82, 2.24) is 0 Å². The van der Waals surface area contributed by atoms with Crippen LogP contribution in [0.1, 0.15) is 11.1 Å². The Balaban J connectivity index is 1.90. The molecule has 0 aliphatic rings.